The van der Waals surface area contributed by atoms with Gasteiger partial charge in [-0.1, -0.05) is 6.07 Å². The summed E-state index contributed by atoms with van der Waals surface area (Å²) in [6, 6.07) is 5.32. The van der Waals surface area contributed by atoms with Crippen LogP contribution in [0.5, 0.6) is 0 Å². The fourth-order valence-corrected chi connectivity index (χ4v) is 4.46. The van der Waals surface area contributed by atoms with Gasteiger partial charge in [-0.15, -0.1) is 0 Å². The molecule has 11 heteroatoms. The van der Waals surface area contributed by atoms with E-state index in [1.54, 1.807) is 37.5 Å². The smallest absolute Gasteiger partial charge is 0.274 e. The van der Waals surface area contributed by atoms with Crippen LogP contribution in [0.15, 0.2) is 42.5 Å². The summed E-state index contributed by atoms with van der Waals surface area (Å²) in [6.07, 6.45) is 8.53. The lowest BCUT2D eigenvalue weighted by Crippen LogP contribution is -2.52. The number of rotatable bonds is 6. The summed E-state index contributed by atoms with van der Waals surface area (Å²) >= 11 is 0. The van der Waals surface area contributed by atoms with Crippen molar-refractivity contribution in [1.82, 2.24) is 39.7 Å². The second kappa shape index (κ2) is 9.76. The Kier molecular flexibility index (Phi) is 6.36. The van der Waals surface area contributed by atoms with Gasteiger partial charge >= 0.3 is 0 Å². The number of nitrogens with zero attached hydrogens (tertiary/aromatic N) is 7. The number of allylic oxidation sites excluding steroid dienone is 1. The van der Waals surface area contributed by atoms with Crippen LogP contribution in [-0.2, 0) is 29.6 Å². The highest BCUT2D eigenvalue weighted by Gasteiger charge is 2.26. The van der Waals surface area contributed by atoms with Gasteiger partial charge in [-0.3, -0.25) is 23.7 Å². The van der Waals surface area contributed by atoms with E-state index >= 15 is 0 Å². The Hall–Kier alpha value is -4.28. The van der Waals surface area contributed by atoms with E-state index in [9.17, 15) is 14.4 Å². The maximum absolute atomic E-state index is 12.9. The molecule has 2 aliphatic rings. The minimum Gasteiger partial charge on any atom is -0.340 e. The lowest BCUT2D eigenvalue weighted by molar-refractivity contribution is -0.145. The Morgan fingerprint density at radius 1 is 1.14 bits per heavy atom. The van der Waals surface area contributed by atoms with Gasteiger partial charge in [0, 0.05) is 55.9 Å². The lowest BCUT2D eigenvalue weighted by Gasteiger charge is -2.33. The molecule has 1 N–H and O–H groups in total. The first-order valence-electron chi connectivity index (χ1n) is 12.0. The molecule has 3 aromatic rings. The first kappa shape index (κ1) is 23.5. The summed E-state index contributed by atoms with van der Waals surface area (Å²) in [5.41, 5.74) is 4.36. The zero-order valence-corrected chi connectivity index (χ0v) is 20.3. The van der Waals surface area contributed by atoms with Crippen LogP contribution in [0.3, 0.4) is 0 Å². The molecule has 186 valence electrons. The van der Waals surface area contributed by atoms with E-state index < -0.39 is 0 Å². The molecule has 3 aromatic heterocycles. The molecule has 1 fully saturated rings. The Morgan fingerprint density at radius 2 is 2.00 bits per heavy atom. The molecule has 1 aliphatic carbocycles. The van der Waals surface area contributed by atoms with Crippen molar-refractivity contribution in [1.29, 1.82) is 0 Å². The number of likely N-dealkylation sites (N-methyl/N-ethyl adjacent to an activating group) is 1. The monoisotopic (exact) mass is 488 g/mol. The number of hydrogen-bond acceptors (Lipinski definition) is 6. The van der Waals surface area contributed by atoms with E-state index in [0.717, 1.165) is 22.5 Å². The van der Waals surface area contributed by atoms with Crippen molar-refractivity contribution in [2.24, 2.45) is 7.05 Å². The van der Waals surface area contributed by atoms with Crippen LogP contribution >= 0.6 is 0 Å². The molecule has 1 saturated heterocycles. The number of aryl methyl sites for hydroxylation is 2. The molecule has 0 atom stereocenters. The van der Waals surface area contributed by atoms with Crippen LogP contribution in [0.25, 0.3) is 17.3 Å². The molecule has 0 bridgehead atoms. The minimum absolute atomic E-state index is 0.0272. The van der Waals surface area contributed by atoms with Crippen LogP contribution in [0.1, 0.15) is 35.1 Å². The first-order chi connectivity index (χ1) is 17.4. The fourth-order valence-electron chi connectivity index (χ4n) is 4.46. The van der Waals surface area contributed by atoms with Crippen molar-refractivity contribution < 1.29 is 14.4 Å². The number of pyridine rings is 1. The summed E-state index contributed by atoms with van der Waals surface area (Å²) in [6.45, 7) is 3.87. The van der Waals surface area contributed by atoms with E-state index in [-0.39, 0.29) is 30.8 Å². The fraction of sp³-hybridized carbons (Fsp3) is 0.360. The number of hydrogen-bond donors (Lipinski definition) is 1. The molecule has 11 nitrogen and oxygen atoms in total. The average molecular weight is 489 g/mol. The second-order valence-corrected chi connectivity index (χ2v) is 8.95. The molecule has 1 aliphatic heterocycles. The lowest BCUT2D eigenvalue weighted by atomic mass is 10.0. The summed E-state index contributed by atoms with van der Waals surface area (Å²) in [7, 11) is 1.83. The molecule has 0 saturated carbocycles. The number of aromatic nitrogens is 5. The number of amides is 3. The Morgan fingerprint density at radius 3 is 2.75 bits per heavy atom. The zero-order chi connectivity index (χ0) is 25.2. The van der Waals surface area contributed by atoms with Gasteiger partial charge in [0.15, 0.2) is 0 Å². The van der Waals surface area contributed by atoms with Gasteiger partial charge < -0.3 is 15.1 Å². The third-order valence-electron chi connectivity index (χ3n) is 6.44. The van der Waals surface area contributed by atoms with Gasteiger partial charge in [-0.05, 0) is 38.0 Å². The minimum atomic E-state index is -0.283. The van der Waals surface area contributed by atoms with E-state index in [2.05, 4.69) is 20.5 Å². The summed E-state index contributed by atoms with van der Waals surface area (Å²) in [4.78, 5) is 45.6. The number of carbonyl (C=O) groups is 3. The summed E-state index contributed by atoms with van der Waals surface area (Å²) < 4.78 is 3.30. The van der Waals surface area contributed by atoms with Gasteiger partial charge in [-0.2, -0.15) is 10.2 Å². The zero-order valence-electron chi connectivity index (χ0n) is 20.3. The van der Waals surface area contributed by atoms with Crippen molar-refractivity contribution in [2.45, 2.75) is 26.3 Å². The first-order valence-corrected chi connectivity index (χ1v) is 12.0. The average Bonchev–Trinajstić information content (AvgIpc) is 3.49. The maximum Gasteiger partial charge on any atom is 0.274 e. The van der Waals surface area contributed by atoms with E-state index in [4.69, 9.17) is 0 Å². The Bertz CT molecular complexity index is 1350. The highest BCUT2D eigenvalue weighted by molar-refractivity contribution is 5.94. The largest absolute Gasteiger partial charge is 0.340 e. The topological polar surface area (TPSA) is 118 Å². The molecular formula is C25H28N8O3. The normalized spacial score (nSPS) is 15.5. The Labute approximate surface area is 208 Å². The number of piperazine rings is 1. The second-order valence-electron chi connectivity index (χ2n) is 8.95. The number of fused-ring (bicyclic) bond motifs is 1. The molecule has 4 heterocycles. The van der Waals surface area contributed by atoms with E-state index in [1.165, 1.54) is 0 Å². The SMILES string of the molecule is CCN1CCN(C(=O)Cn2cc3c(n2)CCC(NC(=O)c2cccc(-c4cnn(C)c4)n2)=C3)CC1=O. The van der Waals surface area contributed by atoms with Crippen molar-refractivity contribution in [3.8, 4) is 11.3 Å². The van der Waals surface area contributed by atoms with E-state index in [1.807, 2.05) is 38.5 Å². The standard InChI is InChI=1S/C25H28N8O3/c1-3-31-9-10-32(15-23(31)34)24(35)16-33-14-17-11-19(7-8-21(17)29-33)27-25(36)22-6-4-5-20(28-22)18-12-26-30(2)13-18/h4-6,11-14H,3,7-10,15-16H2,1-2H3,(H,27,36). The van der Waals surface area contributed by atoms with Gasteiger partial charge in [0.1, 0.15) is 12.2 Å². The number of carbonyl (C=O) groups excluding carboxylic acids is 3. The third-order valence-corrected chi connectivity index (χ3v) is 6.44. The third kappa shape index (κ3) is 4.90. The van der Waals surface area contributed by atoms with Crippen molar-refractivity contribution in [2.75, 3.05) is 26.2 Å². The van der Waals surface area contributed by atoms with Crippen LogP contribution in [-0.4, -0.2) is 78.2 Å². The van der Waals surface area contributed by atoms with Crippen molar-refractivity contribution in [3.63, 3.8) is 0 Å². The van der Waals surface area contributed by atoms with Crippen LogP contribution in [0.2, 0.25) is 0 Å². The van der Waals surface area contributed by atoms with Gasteiger partial charge in [0.25, 0.3) is 5.91 Å². The van der Waals surface area contributed by atoms with Gasteiger partial charge in [0.2, 0.25) is 11.8 Å². The van der Waals surface area contributed by atoms with Gasteiger partial charge in [-0.25, -0.2) is 4.98 Å². The van der Waals surface area contributed by atoms with Crippen LogP contribution in [0, 0.1) is 0 Å². The highest BCUT2D eigenvalue weighted by Crippen LogP contribution is 2.22. The molecule has 0 spiro atoms. The highest BCUT2D eigenvalue weighted by atomic mass is 16.2. The maximum atomic E-state index is 12.9. The van der Waals surface area contributed by atoms with Crippen LogP contribution < -0.4 is 5.32 Å². The van der Waals surface area contributed by atoms with Crippen molar-refractivity contribution >= 4 is 23.8 Å². The molecule has 0 aromatic carbocycles. The van der Waals surface area contributed by atoms with Crippen LogP contribution in [0.4, 0.5) is 0 Å². The van der Waals surface area contributed by atoms with Gasteiger partial charge in [0.05, 0.1) is 24.1 Å². The quantitative estimate of drug-likeness (QED) is 0.555. The molecule has 3 amide bonds. The number of nitrogens with one attached hydrogen (secondary N) is 1. The molecule has 0 radical (unpaired) electrons. The van der Waals surface area contributed by atoms with Crippen molar-refractivity contribution in [3.05, 3.63) is 59.4 Å². The predicted molar refractivity (Wildman–Crippen MR) is 131 cm³/mol. The molecular weight excluding hydrogens is 460 g/mol. The summed E-state index contributed by atoms with van der Waals surface area (Å²) in [5.74, 6) is -0.439. The molecule has 5 rings (SSSR count). The van der Waals surface area contributed by atoms with E-state index in [0.29, 0.717) is 43.9 Å². The predicted octanol–water partition coefficient (Wildman–Crippen LogP) is 1.09. The summed E-state index contributed by atoms with van der Waals surface area (Å²) in [5, 5.41) is 11.7. The molecule has 36 heavy (non-hydrogen) atoms. The Balaban J connectivity index is 1.23. The molecule has 0 unspecified atom stereocenters.